The van der Waals surface area contributed by atoms with Crippen molar-refractivity contribution in [2.45, 2.75) is 20.0 Å². The van der Waals surface area contributed by atoms with Gasteiger partial charge in [0.2, 0.25) is 0 Å². The lowest BCUT2D eigenvalue weighted by Gasteiger charge is -2.11. The summed E-state index contributed by atoms with van der Waals surface area (Å²) in [6.07, 6.45) is 2.21. The summed E-state index contributed by atoms with van der Waals surface area (Å²) in [5, 5.41) is 5.00. The number of halogens is 3. The maximum absolute atomic E-state index is 13.1. The highest BCUT2D eigenvalue weighted by Crippen LogP contribution is 2.23. The number of nitrogens with zero attached hydrogens (tertiary/aromatic N) is 3. The Morgan fingerprint density at radius 2 is 1.66 bits per heavy atom. The van der Waals surface area contributed by atoms with Crippen molar-refractivity contribution in [3.05, 3.63) is 101 Å². The van der Waals surface area contributed by atoms with Gasteiger partial charge < -0.3 is 4.74 Å². The molecule has 1 aromatic heterocycles. The van der Waals surface area contributed by atoms with Crippen LogP contribution >= 0.6 is 47.8 Å². The summed E-state index contributed by atoms with van der Waals surface area (Å²) in [6, 6.07) is 19.1. The van der Waals surface area contributed by atoms with Gasteiger partial charge in [-0.1, -0.05) is 66.8 Å². The first-order valence-corrected chi connectivity index (χ1v) is 12.2. The third-order valence-electron chi connectivity index (χ3n) is 4.78. The van der Waals surface area contributed by atoms with Crippen LogP contribution < -0.4 is 10.3 Å². The number of hydrogen-bond donors (Lipinski definition) is 0. The summed E-state index contributed by atoms with van der Waals surface area (Å²) in [7, 11) is 0. The third kappa shape index (κ3) is 5.19. The first-order chi connectivity index (χ1) is 15.4. The minimum absolute atomic E-state index is 0.211. The normalized spacial score (nSPS) is 11.4. The zero-order valence-corrected chi connectivity index (χ0v) is 21.8. The molecule has 0 fully saturated rings. The highest BCUT2D eigenvalue weighted by molar-refractivity contribution is 9.11. The van der Waals surface area contributed by atoms with E-state index in [1.54, 1.807) is 12.3 Å². The molecular weight excluding hydrogens is 602 g/mol. The summed E-state index contributed by atoms with van der Waals surface area (Å²) in [5.74, 6) is 1.26. The summed E-state index contributed by atoms with van der Waals surface area (Å²) in [4.78, 5) is 17.7. The molecule has 32 heavy (non-hydrogen) atoms. The predicted molar refractivity (Wildman–Crippen MR) is 139 cm³/mol. The van der Waals surface area contributed by atoms with Gasteiger partial charge in [0, 0.05) is 25.4 Å². The van der Waals surface area contributed by atoms with Crippen LogP contribution in [0.2, 0.25) is 0 Å². The number of fused-ring (bicyclic) bond motifs is 1. The molecule has 3 aromatic carbocycles. The predicted octanol–water partition coefficient (Wildman–Crippen LogP) is 6.71. The largest absolute Gasteiger partial charge is 0.488 e. The lowest BCUT2D eigenvalue weighted by Crippen LogP contribution is -2.22. The molecule has 0 aliphatic carbocycles. The van der Waals surface area contributed by atoms with Crippen LogP contribution in [0.3, 0.4) is 0 Å². The van der Waals surface area contributed by atoms with E-state index in [9.17, 15) is 4.79 Å². The number of aromatic nitrogens is 2. The standard InChI is InChI=1S/C24H18Br3N3O2/c1-2-23-29-21-9-7-19(27)12-20(21)24(31)30(23)28-13-16-11-18(26)8-10-22(16)32-14-15-3-5-17(25)6-4-15/h3-13H,2,14H2,1H3. The topological polar surface area (TPSA) is 56.5 Å². The zero-order valence-electron chi connectivity index (χ0n) is 17.1. The van der Waals surface area contributed by atoms with E-state index in [4.69, 9.17) is 4.74 Å². The second kappa shape index (κ2) is 10.1. The fourth-order valence-electron chi connectivity index (χ4n) is 3.16. The van der Waals surface area contributed by atoms with E-state index < -0.39 is 0 Å². The third-order valence-corrected chi connectivity index (χ3v) is 6.30. The van der Waals surface area contributed by atoms with Gasteiger partial charge in [0.15, 0.2) is 0 Å². The fraction of sp³-hybridized carbons (Fsp3) is 0.125. The first kappa shape index (κ1) is 22.9. The number of benzene rings is 3. The quantitative estimate of drug-likeness (QED) is 0.226. The van der Waals surface area contributed by atoms with Crippen LogP contribution in [0.25, 0.3) is 10.9 Å². The highest BCUT2D eigenvalue weighted by Gasteiger charge is 2.10. The van der Waals surface area contributed by atoms with E-state index in [0.717, 1.165) is 24.5 Å². The maximum atomic E-state index is 13.1. The molecule has 8 heteroatoms. The van der Waals surface area contributed by atoms with Crippen LogP contribution in [0.15, 0.2) is 84.0 Å². The molecule has 4 rings (SSSR count). The van der Waals surface area contributed by atoms with E-state index in [1.165, 1.54) is 4.68 Å². The van der Waals surface area contributed by atoms with Crippen molar-refractivity contribution in [3.63, 3.8) is 0 Å². The molecule has 0 aliphatic heterocycles. The lowest BCUT2D eigenvalue weighted by molar-refractivity contribution is 0.305. The molecule has 162 valence electrons. The van der Waals surface area contributed by atoms with Crippen LogP contribution in [-0.4, -0.2) is 15.9 Å². The first-order valence-electron chi connectivity index (χ1n) is 9.87. The SMILES string of the molecule is CCc1nc2ccc(Br)cc2c(=O)n1N=Cc1cc(Br)ccc1OCc1ccc(Br)cc1. The molecule has 0 saturated carbocycles. The van der Waals surface area contributed by atoms with E-state index in [-0.39, 0.29) is 5.56 Å². The molecule has 0 radical (unpaired) electrons. The highest BCUT2D eigenvalue weighted by atomic mass is 79.9. The van der Waals surface area contributed by atoms with Gasteiger partial charge in [-0.05, 0) is 54.1 Å². The van der Waals surface area contributed by atoms with Crippen molar-refractivity contribution in [2.24, 2.45) is 5.10 Å². The summed E-state index contributed by atoms with van der Waals surface area (Å²) >= 11 is 10.4. The number of aryl methyl sites for hydroxylation is 1. The van der Waals surface area contributed by atoms with Gasteiger partial charge in [-0.25, -0.2) is 4.98 Å². The Morgan fingerprint density at radius 3 is 2.41 bits per heavy atom. The van der Waals surface area contributed by atoms with Crippen LogP contribution in [-0.2, 0) is 13.0 Å². The van der Waals surface area contributed by atoms with Gasteiger partial charge in [-0.3, -0.25) is 4.79 Å². The molecule has 0 unspecified atom stereocenters. The molecule has 0 atom stereocenters. The van der Waals surface area contributed by atoms with Crippen molar-refractivity contribution in [2.75, 3.05) is 0 Å². The van der Waals surface area contributed by atoms with E-state index >= 15 is 0 Å². The number of hydrogen-bond acceptors (Lipinski definition) is 4. The molecule has 0 N–H and O–H groups in total. The van der Waals surface area contributed by atoms with Crippen molar-refractivity contribution >= 4 is 64.9 Å². The summed E-state index contributed by atoms with van der Waals surface area (Å²) in [6.45, 7) is 2.37. The minimum atomic E-state index is -0.211. The molecule has 0 amide bonds. The Labute approximate surface area is 210 Å². The summed E-state index contributed by atoms with van der Waals surface area (Å²) in [5.41, 5.74) is 2.24. The van der Waals surface area contributed by atoms with Gasteiger partial charge in [-0.2, -0.15) is 9.78 Å². The molecule has 0 aliphatic rings. The van der Waals surface area contributed by atoms with Crippen molar-refractivity contribution in [1.82, 2.24) is 9.66 Å². The minimum Gasteiger partial charge on any atom is -0.488 e. The number of ether oxygens (including phenoxy) is 1. The molecular formula is C24H18Br3N3O2. The molecule has 0 bridgehead atoms. The van der Waals surface area contributed by atoms with E-state index in [2.05, 4.69) is 57.9 Å². The van der Waals surface area contributed by atoms with Gasteiger partial charge in [0.25, 0.3) is 5.56 Å². The average Bonchev–Trinajstić information content (AvgIpc) is 2.79. The molecule has 4 aromatic rings. The van der Waals surface area contributed by atoms with Crippen LogP contribution in [0.4, 0.5) is 0 Å². The summed E-state index contributed by atoms with van der Waals surface area (Å²) < 4.78 is 10.1. The van der Waals surface area contributed by atoms with Gasteiger partial charge in [0.1, 0.15) is 18.2 Å². The molecule has 5 nitrogen and oxygen atoms in total. The zero-order chi connectivity index (χ0) is 22.7. The van der Waals surface area contributed by atoms with E-state index in [0.29, 0.717) is 35.5 Å². The Balaban J connectivity index is 1.69. The fourth-order valence-corrected chi connectivity index (χ4v) is 4.16. The van der Waals surface area contributed by atoms with Gasteiger partial charge >= 0.3 is 0 Å². The van der Waals surface area contributed by atoms with Crippen molar-refractivity contribution in [1.29, 1.82) is 0 Å². The maximum Gasteiger partial charge on any atom is 0.282 e. The van der Waals surface area contributed by atoms with Gasteiger partial charge in [0.05, 0.1) is 17.1 Å². The Morgan fingerprint density at radius 1 is 0.969 bits per heavy atom. The van der Waals surface area contributed by atoms with Crippen LogP contribution in [0.1, 0.15) is 23.9 Å². The van der Waals surface area contributed by atoms with Crippen LogP contribution in [0, 0.1) is 0 Å². The average molecular weight is 620 g/mol. The Bertz CT molecular complexity index is 1370. The lowest BCUT2D eigenvalue weighted by atomic mass is 10.2. The van der Waals surface area contributed by atoms with Gasteiger partial charge in [-0.15, -0.1) is 0 Å². The second-order valence-corrected chi connectivity index (χ2v) is 9.75. The smallest absolute Gasteiger partial charge is 0.282 e. The Hall–Kier alpha value is -2.29. The van der Waals surface area contributed by atoms with Crippen molar-refractivity contribution in [3.8, 4) is 5.75 Å². The molecule has 0 saturated heterocycles. The second-order valence-electron chi connectivity index (χ2n) is 7.00. The molecule has 0 spiro atoms. The monoisotopic (exact) mass is 617 g/mol. The Kier molecular flexibility index (Phi) is 7.23. The van der Waals surface area contributed by atoms with Crippen LogP contribution in [0.5, 0.6) is 5.75 Å². The van der Waals surface area contributed by atoms with Crippen molar-refractivity contribution < 1.29 is 4.74 Å². The molecule has 1 heterocycles. The van der Waals surface area contributed by atoms with E-state index in [1.807, 2.05) is 61.5 Å². The number of rotatable bonds is 6.